The number of hydrogen-bond donors (Lipinski definition) is 1. The van der Waals surface area contributed by atoms with Crippen molar-refractivity contribution in [2.75, 3.05) is 17.7 Å². The third kappa shape index (κ3) is 1.88. The van der Waals surface area contributed by atoms with Crippen molar-refractivity contribution in [2.24, 2.45) is 0 Å². The molecule has 108 valence electrons. The molecule has 3 aromatic carbocycles. The summed E-state index contributed by atoms with van der Waals surface area (Å²) in [6, 6.07) is 25.6. The van der Waals surface area contributed by atoms with Gasteiger partial charge in [0.15, 0.2) is 0 Å². The van der Waals surface area contributed by atoms with E-state index in [9.17, 15) is 0 Å². The first-order valence-electron chi connectivity index (χ1n) is 7.52. The topological polar surface area (TPSA) is 29.3 Å². The maximum atomic E-state index is 6.07. The number of nitrogens with two attached hydrogens (primary N) is 1. The molecule has 0 spiro atoms. The standard InChI is InChI=1S/C20H18N2/c1-22-19-10-6-5-9-17(19)16-12-11-15(21)13-18(16)20(22)14-7-3-2-4-8-14/h2-13,20H,21H2,1H3. The lowest BCUT2D eigenvalue weighted by Crippen LogP contribution is -2.29. The van der Waals surface area contributed by atoms with Crippen LogP contribution in [-0.2, 0) is 0 Å². The second-order valence-electron chi connectivity index (χ2n) is 5.79. The van der Waals surface area contributed by atoms with Crippen molar-refractivity contribution in [3.05, 3.63) is 83.9 Å². The molecule has 0 radical (unpaired) electrons. The zero-order valence-corrected chi connectivity index (χ0v) is 12.5. The molecule has 0 amide bonds. The molecule has 2 N–H and O–H groups in total. The van der Waals surface area contributed by atoms with Crippen LogP contribution >= 0.6 is 0 Å². The van der Waals surface area contributed by atoms with E-state index in [1.165, 1.54) is 27.9 Å². The Morgan fingerprint density at radius 2 is 1.55 bits per heavy atom. The van der Waals surface area contributed by atoms with Gasteiger partial charge < -0.3 is 10.6 Å². The van der Waals surface area contributed by atoms with Crippen LogP contribution in [0.5, 0.6) is 0 Å². The molecule has 0 fully saturated rings. The summed E-state index contributed by atoms with van der Waals surface area (Å²) in [4.78, 5) is 2.34. The first kappa shape index (κ1) is 13.0. The maximum absolute atomic E-state index is 6.07. The van der Waals surface area contributed by atoms with E-state index in [1.807, 2.05) is 6.07 Å². The average molecular weight is 286 g/mol. The van der Waals surface area contributed by atoms with Crippen LogP contribution in [0.1, 0.15) is 17.2 Å². The molecule has 0 saturated carbocycles. The number of hydrogen-bond acceptors (Lipinski definition) is 2. The number of nitrogen functional groups attached to an aromatic ring is 1. The fourth-order valence-electron chi connectivity index (χ4n) is 3.45. The molecule has 0 aromatic heterocycles. The lowest BCUT2D eigenvalue weighted by Gasteiger charge is -2.38. The number of fused-ring (bicyclic) bond motifs is 3. The molecule has 1 heterocycles. The van der Waals surface area contributed by atoms with Crippen molar-refractivity contribution in [2.45, 2.75) is 6.04 Å². The fraction of sp³-hybridized carbons (Fsp3) is 0.100. The van der Waals surface area contributed by atoms with E-state index in [0.29, 0.717) is 0 Å². The number of para-hydroxylation sites is 1. The van der Waals surface area contributed by atoms with E-state index in [0.717, 1.165) is 5.69 Å². The molecule has 1 aliphatic heterocycles. The van der Waals surface area contributed by atoms with Crippen molar-refractivity contribution >= 4 is 11.4 Å². The Morgan fingerprint density at radius 3 is 2.36 bits per heavy atom. The summed E-state index contributed by atoms with van der Waals surface area (Å²) in [6.07, 6.45) is 0. The van der Waals surface area contributed by atoms with E-state index < -0.39 is 0 Å². The first-order chi connectivity index (χ1) is 10.8. The van der Waals surface area contributed by atoms with Gasteiger partial charge >= 0.3 is 0 Å². The van der Waals surface area contributed by atoms with E-state index in [2.05, 4.69) is 78.7 Å². The molecule has 22 heavy (non-hydrogen) atoms. The Hall–Kier alpha value is -2.74. The normalized spacial score (nSPS) is 16.0. The zero-order valence-electron chi connectivity index (χ0n) is 12.5. The summed E-state index contributed by atoms with van der Waals surface area (Å²) in [6.45, 7) is 0. The number of rotatable bonds is 1. The Balaban J connectivity index is 2.00. The summed E-state index contributed by atoms with van der Waals surface area (Å²) in [5, 5.41) is 0. The summed E-state index contributed by atoms with van der Waals surface area (Å²) < 4.78 is 0. The van der Waals surface area contributed by atoms with Gasteiger partial charge in [0.25, 0.3) is 0 Å². The van der Waals surface area contributed by atoms with Gasteiger partial charge in [-0.25, -0.2) is 0 Å². The van der Waals surface area contributed by atoms with Crippen LogP contribution in [0.15, 0.2) is 72.8 Å². The van der Waals surface area contributed by atoms with Gasteiger partial charge in [0.05, 0.1) is 6.04 Å². The second-order valence-corrected chi connectivity index (χ2v) is 5.79. The molecule has 0 aliphatic carbocycles. The monoisotopic (exact) mass is 286 g/mol. The molecule has 1 atom stereocenters. The highest BCUT2D eigenvalue weighted by Crippen LogP contribution is 2.46. The van der Waals surface area contributed by atoms with Gasteiger partial charge in [-0.1, -0.05) is 54.6 Å². The maximum Gasteiger partial charge on any atom is 0.0799 e. The number of benzene rings is 3. The quantitative estimate of drug-likeness (QED) is 0.668. The van der Waals surface area contributed by atoms with Crippen molar-refractivity contribution < 1.29 is 0 Å². The molecule has 0 bridgehead atoms. The molecular formula is C20H18N2. The fourth-order valence-corrected chi connectivity index (χ4v) is 3.45. The lowest BCUT2D eigenvalue weighted by molar-refractivity contribution is 0.775. The van der Waals surface area contributed by atoms with Gasteiger partial charge in [0, 0.05) is 24.0 Å². The van der Waals surface area contributed by atoms with Crippen LogP contribution in [0.3, 0.4) is 0 Å². The molecule has 2 heteroatoms. The minimum atomic E-state index is 0.189. The lowest BCUT2D eigenvalue weighted by atomic mass is 9.85. The molecule has 4 rings (SSSR count). The van der Waals surface area contributed by atoms with Crippen LogP contribution in [0.2, 0.25) is 0 Å². The van der Waals surface area contributed by atoms with Crippen molar-refractivity contribution in [3.8, 4) is 11.1 Å². The van der Waals surface area contributed by atoms with Gasteiger partial charge in [-0.15, -0.1) is 0 Å². The third-order valence-electron chi connectivity index (χ3n) is 4.45. The van der Waals surface area contributed by atoms with Crippen LogP contribution in [0.4, 0.5) is 11.4 Å². The molecular weight excluding hydrogens is 268 g/mol. The van der Waals surface area contributed by atoms with Gasteiger partial charge in [-0.3, -0.25) is 0 Å². The molecule has 0 saturated heterocycles. The summed E-state index contributed by atoms with van der Waals surface area (Å²) in [5.74, 6) is 0. The summed E-state index contributed by atoms with van der Waals surface area (Å²) >= 11 is 0. The summed E-state index contributed by atoms with van der Waals surface area (Å²) in [7, 11) is 2.16. The zero-order chi connectivity index (χ0) is 15.1. The van der Waals surface area contributed by atoms with Gasteiger partial charge in [0.1, 0.15) is 0 Å². The smallest absolute Gasteiger partial charge is 0.0799 e. The molecule has 2 nitrogen and oxygen atoms in total. The largest absolute Gasteiger partial charge is 0.399 e. The molecule has 1 unspecified atom stereocenters. The highest BCUT2D eigenvalue weighted by atomic mass is 15.1. The summed E-state index contributed by atoms with van der Waals surface area (Å²) in [5.41, 5.74) is 13.2. The Bertz CT molecular complexity index is 824. The highest BCUT2D eigenvalue weighted by molar-refractivity contribution is 5.86. The third-order valence-corrected chi connectivity index (χ3v) is 4.45. The minimum absolute atomic E-state index is 0.189. The molecule has 3 aromatic rings. The predicted octanol–water partition coefficient (Wildman–Crippen LogP) is 4.48. The Morgan fingerprint density at radius 1 is 0.818 bits per heavy atom. The van der Waals surface area contributed by atoms with Crippen molar-refractivity contribution in [1.82, 2.24) is 0 Å². The average Bonchev–Trinajstić information content (AvgIpc) is 2.56. The van der Waals surface area contributed by atoms with Gasteiger partial charge in [-0.2, -0.15) is 0 Å². The molecule has 1 aliphatic rings. The second kappa shape index (κ2) is 4.92. The van der Waals surface area contributed by atoms with Crippen LogP contribution in [0.25, 0.3) is 11.1 Å². The SMILES string of the molecule is CN1c2ccccc2-c2ccc(N)cc2C1c1ccccc1. The highest BCUT2D eigenvalue weighted by Gasteiger charge is 2.29. The number of nitrogens with zero attached hydrogens (tertiary/aromatic N) is 1. The van der Waals surface area contributed by atoms with Gasteiger partial charge in [0.2, 0.25) is 0 Å². The number of anilines is 2. The minimum Gasteiger partial charge on any atom is -0.399 e. The van der Waals surface area contributed by atoms with Crippen molar-refractivity contribution in [3.63, 3.8) is 0 Å². The van der Waals surface area contributed by atoms with E-state index in [4.69, 9.17) is 5.73 Å². The first-order valence-corrected chi connectivity index (χ1v) is 7.52. The van der Waals surface area contributed by atoms with Crippen LogP contribution in [-0.4, -0.2) is 7.05 Å². The predicted molar refractivity (Wildman–Crippen MR) is 93.0 cm³/mol. The van der Waals surface area contributed by atoms with Gasteiger partial charge in [-0.05, 0) is 34.9 Å². The van der Waals surface area contributed by atoms with Crippen LogP contribution < -0.4 is 10.6 Å². The Labute approximate surface area is 130 Å². The van der Waals surface area contributed by atoms with E-state index in [-0.39, 0.29) is 6.04 Å². The van der Waals surface area contributed by atoms with Crippen LogP contribution in [0, 0.1) is 0 Å². The van der Waals surface area contributed by atoms with E-state index in [1.54, 1.807) is 0 Å². The van der Waals surface area contributed by atoms with E-state index >= 15 is 0 Å². The van der Waals surface area contributed by atoms with Crippen molar-refractivity contribution in [1.29, 1.82) is 0 Å². The Kier molecular flexibility index (Phi) is 2.90.